The topological polar surface area (TPSA) is 20.2 Å². The van der Waals surface area contributed by atoms with Crippen molar-refractivity contribution >= 4 is 0 Å². The summed E-state index contributed by atoms with van der Waals surface area (Å²) in [5, 5.41) is 9.37. The molecule has 0 bridgehead atoms. The number of aliphatic hydroxyl groups excluding tert-OH is 1. The smallest absolute Gasteiger partial charge is 0.0540 e. The molecule has 1 unspecified atom stereocenters. The van der Waals surface area contributed by atoms with Crippen molar-refractivity contribution in [3.8, 4) is 0 Å². The van der Waals surface area contributed by atoms with Gasteiger partial charge in [0, 0.05) is 0 Å². The van der Waals surface area contributed by atoms with Gasteiger partial charge in [0.15, 0.2) is 0 Å². The first-order chi connectivity index (χ1) is 5.81. The molecule has 0 rings (SSSR count). The summed E-state index contributed by atoms with van der Waals surface area (Å²) in [6.07, 6.45) is 9.02. The molecule has 1 atom stereocenters. The molecule has 0 aliphatic heterocycles. The molecule has 0 amide bonds. The van der Waals surface area contributed by atoms with Crippen LogP contribution in [0, 0.1) is 6.92 Å². The molecule has 1 heteroatoms. The summed E-state index contributed by atoms with van der Waals surface area (Å²) in [5.74, 6) is 0. The molecule has 12 heavy (non-hydrogen) atoms. The molecule has 0 saturated carbocycles. The van der Waals surface area contributed by atoms with Gasteiger partial charge in [-0.15, -0.1) is 0 Å². The fourth-order valence-corrected chi connectivity index (χ4v) is 1.36. The highest BCUT2D eigenvalue weighted by atomic mass is 16.3. The van der Waals surface area contributed by atoms with E-state index in [1.54, 1.807) is 0 Å². The zero-order valence-electron chi connectivity index (χ0n) is 8.39. The summed E-state index contributed by atoms with van der Waals surface area (Å²) in [7, 11) is 0. The van der Waals surface area contributed by atoms with Gasteiger partial charge in [-0.05, 0) is 12.8 Å². The number of hydrogen-bond donors (Lipinski definition) is 1. The van der Waals surface area contributed by atoms with Gasteiger partial charge in [-0.3, -0.25) is 0 Å². The zero-order valence-corrected chi connectivity index (χ0v) is 8.39. The summed E-state index contributed by atoms with van der Waals surface area (Å²) in [6, 6.07) is 0. The van der Waals surface area contributed by atoms with Crippen molar-refractivity contribution in [2.24, 2.45) is 0 Å². The predicted octanol–water partition coefficient (Wildman–Crippen LogP) is 3.32. The molecule has 0 aliphatic carbocycles. The lowest BCUT2D eigenvalue weighted by atomic mass is 10.1. The van der Waals surface area contributed by atoms with Gasteiger partial charge in [-0.2, -0.15) is 0 Å². The monoisotopic (exact) mass is 171 g/mol. The van der Waals surface area contributed by atoms with Crippen LogP contribution < -0.4 is 0 Å². The molecule has 0 aliphatic rings. The van der Waals surface area contributed by atoms with Gasteiger partial charge in [-0.1, -0.05) is 52.4 Å². The van der Waals surface area contributed by atoms with E-state index in [1.165, 1.54) is 32.1 Å². The molecule has 0 saturated heterocycles. The maximum Gasteiger partial charge on any atom is 0.0540 e. The Kier molecular flexibility index (Phi) is 9.02. The molecular weight excluding hydrogens is 148 g/mol. The maximum absolute atomic E-state index is 9.37. The summed E-state index contributed by atoms with van der Waals surface area (Å²) >= 11 is 0. The van der Waals surface area contributed by atoms with Crippen molar-refractivity contribution in [3.63, 3.8) is 0 Å². The molecule has 1 radical (unpaired) electrons. The van der Waals surface area contributed by atoms with Gasteiger partial charge in [0.25, 0.3) is 0 Å². The molecule has 0 aromatic heterocycles. The Labute approximate surface area is 77.2 Å². The molecule has 0 fully saturated rings. The van der Waals surface area contributed by atoms with Crippen LogP contribution in [0.4, 0.5) is 0 Å². The van der Waals surface area contributed by atoms with Gasteiger partial charge in [0.2, 0.25) is 0 Å². The Bertz CT molecular complexity index is 81.1. The molecular formula is C11H23O. The Morgan fingerprint density at radius 2 is 1.75 bits per heavy atom. The molecule has 0 aromatic rings. The van der Waals surface area contributed by atoms with E-state index in [-0.39, 0.29) is 6.10 Å². The fourth-order valence-electron chi connectivity index (χ4n) is 1.36. The average molecular weight is 171 g/mol. The lowest BCUT2D eigenvalue weighted by Gasteiger charge is -2.07. The van der Waals surface area contributed by atoms with Crippen LogP contribution in [0.25, 0.3) is 0 Å². The van der Waals surface area contributed by atoms with E-state index in [9.17, 15) is 5.11 Å². The first-order valence-electron chi connectivity index (χ1n) is 5.28. The minimum atomic E-state index is -0.0934. The number of unbranched alkanes of at least 4 members (excludes halogenated alkanes) is 4. The van der Waals surface area contributed by atoms with Crippen LogP contribution in [0.5, 0.6) is 0 Å². The summed E-state index contributed by atoms with van der Waals surface area (Å²) in [4.78, 5) is 0. The van der Waals surface area contributed by atoms with Crippen molar-refractivity contribution in [2.75, 3.05) is 0 Å². The molecule has 1 N–H and O–H groups in total. The summed E-state index contributed by atoms with van der Waals surface area (Å²) in [6.45, 7) is 5.94. The average Bonchev–Trinajstić information content (AvgIpc) is 2.05. The summed E-state index contributed by atoms with van der Waals surface area (Å²) < 4.78 is 0. The van der Waals surface area contributed by atoms with E-state index in [4.69, 9.17) is 0 Å². The predicted molar refractivity (Wildman–Crippen MR) is 54.0 cm³/mol. The quantitative estimate of drug-likeness (QED) is 0.555. The van der Waals surface area contributed by atoms with Crippen LogP contribution in [0.3, 0.4) is 0 Å². The van der Waals surface area contributed by atoms with E-state index in [1.807, 2.05) is 0 Å². The van der Waals surface area contributed by atoms with Gasteiger partial charge in [0.1, 0.15) is 0 Å². The first kappa shape index (κ1) is 12.0. The lowest BCUT2D eigenvalue weighted by Crippen LogP contribution is -2.04. The molecule has 1 nitrogen and oxygen atoms in total. The second-order valence-corrected chi connectivity index (χ2v) is 3.50. The van der Waals surface area contributed by atoms with Crippen LogP contribution >= 0.6 is 0 Å². The maximum atomic E-state index is 9.37. The van der Waals surface area contributed by atoms with Crippen molar-refractivity contribution in [1.29, 1.82) is 0 Å². The first-order valence-corrected chi connectivity index (χ1v) is 5.28. The van der Waals surface area contributed by atoms with E-state index in [2.05, 4.69) is 13.8 Å². The van der Waals surface area contributed by atoms with Crippen LogP contribution in [0.1, 0.15) is 58.3 Å². The van der Waals surface area contributed by atoms with Crippen molar-refractivity contribution in [1.82, 2.24) is 0 Å². The van der Waals surface area contributed by atoms with Crippen LogP contribution in [0.2, 0.25) is 0 Å². The third-order valence-corrected chi connectivity index (χ3v) is 2.18. The Balaban J connectivity index is 2.97. The molecule has 0 aromatic carbocycles. The highest BCUT2D eigenvalue weighted by molar-refractivity contribution is 4.56. The lowest BCUT2D eigenvalue weighted by molar-refractivity contribution is 0.152. The second kappa shape index (κ2) is 9.05. The van der Waals surface area contributed by atoms with Crippen molar-refractivity contribution in [2.45, 2.75) is 64.4 Å². The molecule has 0 heterocycles. The second-order valence-electron chi connectivity index (χ2n) is 3.50. The fraction of sp³-hybridized carbons (Fsp3) is 0.909. The Morgan fingerprint density at radius 3 is 2.33 bits per heavy atom. The molecule has 73 valence electrons. The van der Waals surface area contributed by atoms with Crippen LogP contribution in [-0.2, 0) is 0 Å². The van der Waals surface area contributed by atoms with Gasteiger partial charge in [0.05, 0.1) is 6.10 Å². The Morgan fingerprint density at radius 1 is 1.08 bits per heavy atom. The van der Waals surface area contributed by atoms with E-state index in [0.29, 0.717) is 0 Å². The van der Waals surface area contributed by atoms with E-state index >= 15 is 0 Å². The highest BCUT2D eigenvalue weighted by Gasteiger charge is 2.00. The standard InChI is InChI=1S/C11H23O/c1-3-5-6-7-8-10-11(12)9-4-2/h11-12H,2-10H2,1H3. The van der Waals surface area contributed by atoms with E-state index in [0.717, 1.165) is 19.3 Å². The van der Waals surface area contributed by atoms with Gasteiger partial charge < -0.3 is 5.11 Å². The normalized spacial score (nSPS) is 13.2. The SMILES string of the molecule is [CH2]CCC(O)CCCCCCC. The molecule has 0 spiro atoms. The minimum absolute atomic E-state index is 0.0934. The zero-order chi connectivity index (χ0) is 9.23. The number of hydrogen-bond acceptors (Lipinski definition) is 1. The highest BCUT2D eigenvalue weighted by Crippen LogP contribution is 2.09. The van der Waals surface area contributed by atoms with Crippen LogP contribution in [0.15, 0.2) is 0 Å². The van der Waals surface area contributed by atoms with Crippen molar-refractivity contribution in [3.05, 3.63) is 6.92 Å². The summed E-state index contributed by atoms with van der Waals surface area (Å²) in [5.41, 5.74) is 0. The minimum Gasteiger partial charge on any atom is -0.393 e. The largest absolute Gasteiger partial charge is 0.393 e. The van der Waals surface area contributed by atoms with Crippen LogP contribution in [-0.4, -0.2) is 11.2 Å². The number of aliphatic hydroxyl groups is 1. The van der Waals surface area contributed by atoms with Gasteiger partial charge >= 0.3 is 0 Å². The Hall–Kier alpha value is -0.0400. The third kappa shape index (κ3) is 8.06. The van der Waals surface area contributed by atoms with E-state index < -0.39 is 0 Å². The third-order valence-electron chi connectivity index (χ3n) is 2.18. The van der Waals surface area contributed by atoms with Crippen molar-refractivity contribution < 1.29 is 5.11 Å². The van der Waals surface area contributed by atoms with Gasteiger partial charge in [-0.25, -0.2) is 0 Å². The number of rotatable bonds is 8.